The second-order valence-corrected chi connectivity index (χ2v) is 11.6. The smallest absolute Gasteiger partial charge is 0.264 e. The second kappa shape index (κ2) is 11.5. The number of benzene rings is 3. The first-order valence-electron chi connectivity index (χ1n) is 13.4. The molecule has 0 atom stereocenters. The van der Waals surface area contributed by atoms with Crippen LogP contribution in [0, 0.1) is 11.6 Å². The lowest BCUT2D eigenvalue weighted by Crippen LogP contribution is -2.36. The van der Waals surface area contributed by atoms with Crippen molar-refractivity contribution in [3.05, 3.63) is 90.1 Å². The summed E-state index contributed by atoms with van der Waals surface area (Å²) in [5.41, 5.74) is 11.2. The molecule has 3 heterocycles. The lowest BCUT2D eigenvalue weighted by molar-refractivity contribution is 0.122. The highest BCUT2D eigenvalue weighted by Gasteiger charge is 2.22. The zero-order valence-corrected chi connectivity index (χ0v) is 23.9. The lowest BCUT2D eigenvalue weighted by atomic mass is 10.1. The topological polar surface area (TPSA) is 125 Å². The third-order valence-electron chi connectivity index (χ3n) is 7.24. The molecule has 0 spiro atoms. The van der Waals surface area contributed by atoms with Crippen molar-refractivity contribution in [2.45, 2.75) is 11.4 Å². The molecule has 3 N–H and O–H groups in total. The average Bonchev–Trinajstić information content (AvgIpc) is 3.31. The summed E-state index contributed by atoms with van der Waals surface area (Å²) in [5.74, 6) is -1.78. The van der Waals surface area contributed by atoms with Crippen LogP contribution in [-0.4, -0.2) is 56.4 Å². The Morgan fingerprint density at radius 2 is 1.77 bits per heavy atom. The summed E-state index contributed by atoms with van der Waals surface area (Å²) in [4.78, 5) is 10.3. The number of ether oxygens (including phenoxy) is 2. The van der Waals surface area contributed by atoms with Gasteiger partial charge in [0.1, 0.15) is 22.2 Å². The van der Waals surface area contributed by atoms with E-state index in [-0.39, 0.29) is 11.6 Å². The number of nitrogens with one attached hydrogen (secondary N) is 1. The summed E-state index contributed by atoms with van der Waals surface area (Å²) in [6.45, 7) is 3.63. The zero-order valence-electron chi connectivity index (χ0n) is 23.1. The lowest BCUT2D eigenvalue weighted by Gasteiger charge is -2.28. The van der Waals surface area contributed by atoms with Crippen molar-refractivity contribution >= 4 is 38.4 Å². The van der Waals surface area contributed by atoms with E-state index in [0.29, 0.717) is 48.4 Å². The maximum Gasteiger partial charge on any atom is 0.264 e. The van der Waals surface area contributed by atoms with Crippen LogP contribution in [0.3, 0.4) is 0 Å². The minimum atomic E-state index is -4.43. The van der Waals surface area contributed by atoms with Crippen molar-refractivity contribution in [3.8, 4) is 17.0 Å². The first kappa shape index (κ1) is 28.4. The minimum absolute atomic E-state index is 0.0165. The van der Waals surface area contributed by atoms with Gasteiger partial charge in [-0.2, -0.15) is 0 Å². The van der Waals surface area contributed by atoms with E-state index >= 15 is 0 Å². The first-order chi connectivity index (χ1) is 20.7. The minimum Gasteiger partial charge on any atom is -0.480 e. The number of imidazole rings is 1. The third-order valence-corrected chi connectivity index (χ3v) is 8.64. The molecule has 2 aromatic heterocycles. The molecule has 0 radical (unpaired) electrons. The molecular formula is C30H28F2N6O4S. The zero-order chi connectivity index (χ0) is 30.1. The Bertz CT molecular complexity index is 1910. The molecule has 1 aliphatic rings. The molecule has 0 amide bonds. The van der Waals surface area contributed by atoms with Crippen LogP contribution < -0.4 is 20.1 Å². The van der Waals surface area contributed by atoms with Gasteiger partial charge in [0.15, 0.2) is 0 Å². The van der Waals surface area contributed by atoms with Gasteiger partial charge in [0.2, 0.25) is 11.8 Å². The average molecular weight is 607 g/mol. The van der Waals surface area contributed by atoms with Crippen molar-refractivity contribution in [1.29, 1.82) is 0 Å². The highest BCUT2D eigenvalue weighted by molar-refractivity contribution is 7.92. The molecule has 1 fully saturated rings. The number of hydrogen-bond acceptors (Lipinski definition) is 8. The van der Waals surface area contributed by atoms with E-state index in [9.17, 15) is 17.2 Å². The monoisotopic (exact) mass is 606 g/mol. The summed E-state index contributed by atoms with van der Waals surface area (Å²) < 4.78 is 68.5. The molecule has 3 aromatic carbocycles. The van der Waals surface area contributed by atoms with Gasteiger partial charge in [-0.25, -0.2) is 27.2 Å². The Kier molecular flexibility index (Phi) is 7.59. The maximum absolute atomic E-state index is 14.3. The van der Waals surface area contributed by atoms with Gasteiger partial charge in [-0.15, -0.1) is 0 Å². The molecule has 5 aromatic rings. The van der Waals surface area contributed by atoms with Gasteiger partial charge in [0.05, 0.1) is 37.9 Å². The van der Waals surface area contributed by atoms with Crippen molar-refractivity contribution in [2.24, 2.45) is 0 Å². The number of nitrogen functional groups attached to an aromatic ring is 1. The molecule has 6 rings (SSSR count). The molecule has 10 nitrogen and oxygen atoms in total. The molecule has 0 unspecified atom stereocenters. The molecule has 13 heteroatoms. The molecule has 1 saturated heterocycles. The predicted octanol–water partition coefficient (Wildman–Crippen LogP) is 4.65. The van der Waals surface area contributed by atoms with Gasteiger partial charge >= 0.3 is 0 Å². The maximum atomic E-state index is 14.3. The number of anilines is 3. The van der Waals surface area contributed by atoms with Gasteiger partial charge in [0, 0.05) is 36.6 Å². The SMILES string of the molecule is COc1ncc(-c2ccc3nc(N)n(Cc4ccc(N5CCOCC5)cc4)c3c2)cc1NS(=O)(=O)c1ccc(F)cc1F. The van der Waals surface area contributed by atoms with E-state index < -0.39 is 26.6 Å². The fraction of sp³-hybridized carbons (Fsp3) is 0.200. The molecular weight excluding hydrogens is 578 g/mol. The van der Waals surface area contributed by atoms with E-state index in [1.807, 2.05) is 22.8 Å². The van der Waals surface area contributed by atoms with Crippen molar-refractivity contribution < 1.29 is 26.7 Å². The molecule has 0 aliphatic carbocycles. The van der Waals surface area contributed by atoms with Crippen molar-refractivity contribution in [1.82, 2.24) is 14.5 Å². The standard InChI is InChI=1S/C30H28F2N6O4S/c1-41-29-26(36-43(39,40)28-9-5-22(31)16-24(28)32)14-21(17-34-29)20-4-8-25-27(15-20)38(30(33)35-25)18-19-2-6-23(7-3-19)37-10-12-42-13-11-37/h2-9,14-17,36H,10-13,18H2,1H3,(H2,33,35). The van der Waals surface area contributed by atoms with Crippen LogP contribution in [0.4, 0.5) is 26.1 Å². The van der Waals surface area contributed by atoms with Crippen molar-refractivity contribution in [3.63, 3.8) is 0 Å². The van der Waals surface area contributed by atoms with Crippen LogP contribution in [0.2, 0.25) is 0 Å². The predicted molar refractivity (Wildman–Crippen MR) is 160 cm³/mol. The number of sulfonamides is 1. The highest BCUT2D eigenvalue weighted by atomic mass is 32.2. The molecule has 1 aliphatic heterocycles. The number of halogens is 2. The molecule has 43 heavy (non-hydrogen) atoms. The second-order valence-electron chi connectivity index (χ2n) is 9.99. The Balaban J connectivity index is 1.30. The number of rotatable bonds is 8. The van der Waals surface area contributed by atoms with Gasteiger partial charge in [-0.05, 0) is 53.6 Å². The quantitative estimate of drug-likeness (QED) is 0.262. The Morgan fingerprint density at radius 1 is 1.00 bits per heavy atom. The Morgan fingerprint density at radius 3 is 2.49 bits per heavy atom. The number of pyridine rings is 1. The van der Waals surface area contributed by atoms with E-state index in [1.54, 1.807) is 0 Å². The highest BCUT2D eigenvalue weighted by Crippen LogP contribution is 2.33. The summed E-state index contributed by atoms with van der Waals surface area (Å²) >= 11 is 0. The summed E-state index contributed by atoms with van der Waals surface area (Å²) in [6.07, 6.45) is 1.53. The number of hydrogen-bond donors (Lipinski definition) is 2. The third kappa shape index (κ3) is 5.81. The summed E-state index contributed by atoms with van der Waals surface area (Å²) in [7, 11) is -3.09. The van der Waals surface area contributed by atoms with E-state index in [0.717, 1.165) is 42.0 Å². The van der Waals surface area contributed by atoms with Gasteiger partial charge in [-0.1, -0.05) is 18.2 Å². The van der Waals surface area contributed by atoms with E-state index in [4.69, 9.17) is 15.2 Å². The Hall–Kier alpha value is -4.75. The van der Waals surface area contributed by atoms with Crippen LogP contribution in [0.5, 0.6) is 5.88 Å². The van der Waals surface area contributed by atoms with Crippen LogP contribution >= 0.6 is 0 Å². The fourth-order valence-corrected chi connectivity index (χ4v) is 6.15. The van der Waals surface area contributed by atoms with Crippen LogP contribution in [0.15, 0.2) is 77.8 Å². The number of methoxy groups -OCH3 is 1. The van der Waals surface area contributed by atoms with Gasteiger partial charge in [0.25, 0.3) is 10.0 Å². The number of fused-ring (bicyclic) bond motifs is 1. The Labute approximate surface area is 246 Å². The number of nitrogens with zero attached hydrogens (tertiary/aromatic N) is 4. The van der Waals surface area contributed by atoms with Crippen LogP contribution in [-0.2, 0) is 21.3 Å². The molecule has 0 bridgehead atoms. The van der Waals surface area contributed by atoms with Crippen LogP contribution in [0.25, 0.3) is 22.2 Å². The van der Waals surface area contributed by atoms with Gasteiger partial charge in [-0.3, -0.25) is 4.72 Å². The van der Waals surface area contributed by atoms with Crippen LogP contribution in [0.1, 0.15) is 5.56 Å². The largest absolute Gasteiger partial charge is 0.480 e. The molecule has 0 saturated carbocycles. The molecule has 222 valence electrons. The number of aromatic nitrogens is 3. The van der Waals surface area contributed by atoms with Gasteiger partial charge < -0.3 is 24.7 Å². The normalized spacial score (nSPS) is 13.8. The van der Waals surface area contributed by atoms with E-state index in [1.165, 1.54) is 19.4 Å². The summed E-state index contributed by atoms with van der Waals surface area (Å²) in [6, 6.07) is 17.6. The summed E-state index contributed by atoms with van der Waals surface area (Å²) in [5, 5.41) is 0. The van der Waals surface area contributed by atoms with Crippen molar-refractivity contribution in [2.75, 3.05) is 48.8 Å². The van der Waals surface area contributed by atoms with E-state index in [2.05, 4.69) is 43.9 Å². The number of nitrogens with two attached hydrogens (primary N) is 1. The fourth-order valence-electron chi connectivity index (χ4n) is 5.04. The first-order valence-corrected chi connectivity index (χ1v) is 14.9. The number of morpholine rings is 1.